The van der Waals surface area contributed by atoms with Crippen molar-refractivity contribution in [1.82, 2.24) is 4.90 Å². The van der Waals surface area contributed by atoms with Gasteiger partial charge in [-0.2, -0.15) is 0 Å². The number of methoxy groups -OCH3 is 1. The monoisotopic (exact) mass is 237 g/mol. The van der Waals surface area contributed by atoms with Crippen LogP contribution in [0.5, 0.6) is 5.75 Å². The average molecular weight is 237 g/mol. The number of rotatable bonds is 3. The van der Waals surface area contributed by atoms with Gasteiger partial charge in [-0.25, -0.2) is 4.79 Å². The third kappa shape index (κ3) is 4.14. The van der Waals surface area contributed by atoms with E-state index in [9.17, 15) is 9.59 Å². The van der Waals surface area contributed by atoms with Crippen LogP contribution in [0.2, 0.25) is 0 Å². The third-order valence-corrected chi connectivity index (χ3v) is 2.13. The van der Waals surface area contributed by atoms with Crippen molar-refractivity contribution in [3.63, 3.8) is 0 Å². The highest BCUT2D eigenvalue weighted by atomic mass is 16.6. The summed E-state index contributed by atoms with van der Waals surface area (Å²) in [4.78, 5) is 23.6. The molecule has 17 heavy (non-hydrogen) atoms. The van der Waals surface area contributed by atoms with E-state index in [4.69, 9.17) is 4.74 Å². The Morgan fingerprint density at radius 3 is 2.35 bits per heavy atom. The molecule has 1 aromatic rings. The molecule has 0 aliphatic rings. The van der Waals surface area contributed by atoms with Crippen molar-refractivity contribution >= 4 is 12.1 Å². The zero-order valence-corrected chi connectivity index (χ0v) is 10.1. The van der Waals surface area contributed by atoms with E-state index in [0.29, 0.717) is 5.75 Å². The molecule has 92 valence electrons. The summed E-state index contributed by atoms with van der Waals surface area (Å²) < 4.78 is 9.50. The van der Waals surface area contributed by atoms with Crippen molar-refractivity contribution in [2.75, 3.05) is 20.7 Å². The van der Waals surface area contributed by atoms with Gasteiger partial charge in [-0.15, -0.1) is 0 Å². The number of carbonyl (C=O) groups is 2. The fourth-order valence-corrected chi connectivity index (χ4v) is 1.11. The number of aryl methyl sites for hydroxylation is 1. The van der Waals surface area contributed by atoms with Crippen LogP contribution < -0.4 is 4.74 Å². The van der Waals surface area contributed by atoms with Crippen molar-refractivity contribution in [2.24, 2.45) is 0 Å². The first-order valence-electron chi connectivity index (χ1n) is 5.09. The normalized spacial score (nSPS) is 9.59. The SMILES string of the molecule is COC(=O)CN(C)C(=O)Oc1ccc(C)cc1. The first-order chi connectivity index (χ1) is 8.02. The summed E-state index contributed by atoms with van der Waals surface area (Å²) in [5.74, 6) is -0.0503. The second-order valence-corrected chi connectivity index (χ2v) is 3.61. The maximum absolute atomic E-state index is 11.5. The molecule has 0 atom stereocenters. The van der Waals surface area contributed by atoms with Gasteiger partial charge in [0.15, 0.2) is 0 Å². The van der Waals surface area contributed by atoms with Crippen LogP contribution in [-0.4, -0.2) is 37.7 Å². The number of likely N-dealkylation sites (N-methyl/N-ethyl adjacent to an activating group) is 1. The predicted octanol–water partition coefficient (Wildman–Crippen LogP) is 1.60. The summed E-state index contributed by atoms with van der Waals surface area (Å²) in [5.41, 5.74) is 1.08. The van der Waals surface area contributed by atoms with Crippen LogP contribution in [-0.2, 0) is 9.53 Å². The van der Waals surface area contributed by atoms with E-state index in [1.807, 2.05) is 19.1 Å². The van der Waals surface area contributed by atoms with E-state index in [1.54, 1.807) is 12.1 Å². The Kier molecular flexibility index (Phi) is 4.51. The summed E-state index contributed by atoms with van der Waals surface area (Å²) in [6, 6.07) is 7.06. The number of esters is 1. The van der Waals surface area contributed by atoms with Crippen LogP contribution in [0.1, 0.15) is 5.56 Å². The first-order valence-corrected chi connectivity index (χ1v) is 5.09. The molecule has 0 unspecified atom stereocenters. The molecule has 1 aromatic carbocycles. The quantitative estimate of drug-likeness (QED) is 0.749. The minimum Gasteiger partial charge on any atom is -0.468 e. The summed E-state index contributed by atoms with van der Waals surface area (Å²) >= 11 is 0. The molecule has 0 N–H and O–H groups in total. The number of amides is 1. The second kappa shape index (κ2) is 5.89. The Hall–Kier alpha value is -2.04. The molecule has 0 fully saturated rings. The molecular formula is C12H15NO4. The van der Waals surface area contributed by atoms with Gasteiger partial charge in [0.1, 0.15) is 12.3 Å². The van der Waals surface area contributed by atoms with Crippen LogP contribution in [0, 0.1) is 6.92 Å². The number of carbonyl (C=O) groups excluding carboxylic acids is 2. The highest BCUT2D eigenvalue weighted by molar-refractivity contribution is 5.78. The lowest BCUT2D eigenvalue weighted by Gasteiger charge is -2.15. The van der Waals surface area contributed by atoms with Gasteiger partial charge in [-0.05, 0) is 19.1 Å². The van der Waals surface area contributed by atoms with Gasteiger partial charge in [-0.1, -0.05) is 17.7 Å². The standard InChI is InChI=1S/C12H15NO4/c1-9-4-6-10(7-5-9)17-12(15)13(2)8-11(14)16-3/h4-7H,8H2,1-3H3. The molecule has 0 aliphatic carbocycles. The molecule has 0 aliphatic heterocycles. The molecule has 5 heteroatoms. The van der Waals surface area contributed by atoms with Crippen molar-refractivity contribution in [3.8, 4) is 5.75 Å². The van der Waals surface area contributed by atoms with Gasteiger partial charge < -0.3 is 9.47 Å². The van der Waals surface area contributed by atoms with Crippen molar-refractivity contribution in [2.45, 2.75) is 6.92 Å². The number of ether oxygens (including phenoxy) is 2. The second-order valence-electron chi connectivity index (χ2n) is 3.61. The molecular weight excluding hydrogens is 222 g/mol. The molecule has 5 nitrogen and oxygen atoms in total. The van der Waals surface area contributed by atoms with Crippen molar-refractivity contribution in [3.05, 3.63) is 29.8 Å². The smallest absolute Gasteiger partial charge is 0.415 e. The topological polar surface area (TPSA) is 55.8 Å². The number of nitrogens with zero attached hydrogens (tertiary/aromatic N) is 1. The zero-order chi connectivity index (χ0) is 12.8. The molecule has 0 heterocycles. The third-order valence-electron chi connectivity index (χ3n) is 2.13. The largest absolute Gasteiger partial charge is 0.468 e. The Balaban J connectivity index is 2.54. The van der Waals surface area contributed by atoms with Crippen molar-refractivity contribution in [1.29, 1.82) is 0 Å². The summed E-state index contributed by atoms with van der Waals surface area (Å²) in [7, 11) is 2.73. The van der Waals surface area contributed by atoms with E-state index in [0.717, 1.165) is 10.5 Å². The van der Waals surface area contributed by atoms with E-state index < -0.39 is 12.1 Å². The zero-order valence-electron chi connectivity index (χ0n) is 10.1. The summed E-state index contributed by atoms with van der Waals surface area (Å²) in [5, 5.41) is 0. The van der Waals surface area contributed by atoms with Crippen LogP contribution >= 0.6 is 0 Å². The highest BCUT2D eigenvalue weighted by Gasteiger charge is 2.14. The van der Waals surface area contributed by atoms with Gasteiger partial charge in [-0.3, -0.25) is 9.69 Å². The van der Waals surface area contributed by atoms with Gasteiger partial charge >= 0.3 is 12.1 Å². The maximum Gasteiger partial charge on any atom is 0.415 e. The molecule has 0 aromatic heterocycles. The minimum absolute atomic E-state index is 0.138. The highest BCUT2D eigenvalue weighted by Crippen LogP contribution is 2.12. The minimum atomic E-state index is -0.598. The molecule has 0 saturated carbocycles. The van der Waals surface area contributed by atoms with Crippen LogP contribution in [0.3, 0.4) is 0 Å². The first kappa shape index (κ1) is 13.0. The van der Waals surface area contributed by atoms with Crippen LogP contribution in [0.25, 0.3) is 0 Å². The lowest BCUT2D eigenvalue weighted by molar-refractivity contribution is -0.141. The van der Waals surface area contributed by atoms with Gasteiger partial charge in [0.05, 0.1) is 7.11 Å². The van der Waals surface area contributed by atoms with Gasteiger partial charge in [0.2, 0.25) is 0 Å². The van der Waals surface area contributed by atoms with E-state index in [2.05, 4.69) is 4.74 Å². The van der Waals surface area contributed by atoms with E-state index in [1.165, 1.54) is 14.2 Å². The average Bonchev–Trinajstić information content (AvgIpc) is 2.31. The number of hydrogen-bond donors (Lipinski definition) is 0. The predicted molar refractivity (Wildman–Crippen MR) is 61.8 cm³/mol. The lowest BCUT2D eigenvalue weighted by atomic mass is 10.2. The summed E-state index contributed by atoms with van der Waals surface area (Å²) in [6.45, 7) is 1.80. The fourth-order valence-electron chi connectivity index (χ4n) is 1.11. The molecule has 0 spiro atoms. The molecule has 1 amide bonds. The summed E-state index contributed by atoms with van der Waals surface area (Å²) in [6.07, 6.45) is -0.598. The maximum atomic E-state index is 11.5. The number of hydrogen-bond acceptors (Lipinski definition) is 4. The lowest BCUT2D eigenvalue weighted by Crippen LogP contribution is -2.34. The Morgan fingerprint density at radius 1 is 1.24 bits per heavy atom. The molecule has 0 saturated heterocycles. The van der Waals surface area contributed by atoms with Gasteiger partial charge in [0, 0.05) is 7.05 Å². The van der Waals surface area contributed by atoms with Crippen LogP contribution in [0.15, 0.2) is 24.3 Å². The van der Waals surface area contributed by atoms with Crippen molar-refractivity contribution < 1.29 is 19.1 Å². The van der Waals surface area contributed by atoms with E-state index >= 15 is 0 Å². The molecule has 0 radical (unpaired) electrons. The number of benzene rings is 1. The molecule has 0 bridgehead atoms. The van der Waals surface area contributed by atoms with Crippen LogP contribution in [0.4, 0.5) is 4.79 Å². The Morgan fingerprint density at radius 2 is 1.82 bits per heavy atom. The Bertz CT molecular complexity index is 399. The Labute approximate surface area is 99.9 Å². The molecule has 1 rings (SSSR count). The van der Waals surface area contributed by atoms with Gasteiger partial charge in [0.25, 0.3) is 0 Å². The fraction of sp³-hybridized carbons (Fsp3) is 0.333. The van der Waals surface area contributed by atoms with E-state index in [-0.39, 0.29) is 6.54 Å².